The van der Waals surface area contributed by atoms with E-state index in [0.29, 0.717) is 46.2 Å². The van der Waals surface area contributed by atoms with Crippen LogP contribution in [-0.4, -0.2) is 58.8 Å². The second kappa shape index (κ2) is 10.7. The molecule has 19 heavy (non-hydrogen) atoms. The van der Waals surface area contributed by atoms with Gasteiger partial charge in [-0.05, 0) is 7.05 Å². The molecule has 7 heteroatoms. The first-order valence-corrected chi connectivity index (χ1v) is 6.23. The van der Waals surface area contributed by atoms with Gasteiger partial charge in [-0.25, -0.2) is 0 Å². The van der Waals surface area contributed by atoms with Crippen LogP contribution < -0.4 is 10.1 Å². The minimum atomic E-state index is 0.269. The molecule has 0 amide bonds. The summed E-state index contributed by atoms with van der Waals surface area (Å²) in [6, 6.07) is 0. The SMILES string of the molecule is CNCc1coc(OCCOCCOCCOC)n1. The Morgan fingerprint density at radius 1 is 1.11 bits per heavy atom. The number of nitrogens with one attached hydrogen (secondary N) is 1. The minimum absolute atomic E-state index is 0.269. The van der Waals surface area contributed by atoms with E-state index in [9.17, 15) is 0 Å². The van der Waals surface area contributed by atoms with Crippen LogP contribution in [-0.2, 0) is 20.8 Å². The third-order valence-corrected chi connectivity index (χ3v) is 2.15. The highest BCUT2D eigenvalue weighted by atomic mass is 16.6. The summed E-state index contributed by atoms with van der Waals surface area (Å²) < 4.78 is 25.8. The fourth-order valence-electron chi connectivity index (χ4n) is 1.27. The molecule has 0 aliphatic carbocycles. The van der Waals surface area contributed by atoms with E-state index >= 15 is 0 Å². The molecule has 7 nitrogen and oxygen atoms in total. The van der Waals surface area contributed by atoms with Gasteiger partial charge in [0, 0.05) is 13.7 Å². The highest BCUT2D eigenvalue weighted by Gasteiger charge is 2.03. The molecule has 1 aromatic heterocycles. The normalized spacial score (nSPS) is 10.8. The maximum absolute atomic E-state index is 5.32. The summed E-state index contributed by atoms with van der Waals surface area (Å²) >= 11 is 0. The maximum atomic E-state index is 5.32. The number of hydrogen-bond acceptors (Lipinski definition) is 7. The molecule has 0 saturated heterocycles. The molecule has 0 aromatic carbocycles. The summed E-state index contributed by atoms with van der Waals surface area (Å²) in [6.07, 6.45) is 1.83. The third-order valence-electron chi connectivity index (χ3n) is 2.15. The molecule has 0 spiro atoms. The summed E-state index contributed by atoms with van der Waals surface area (Å²) in [5.41, 5.74) is 0.810. The second-order valence-corrected chi connectivity index (χ2v) is 3.70. The fourth-order valence-corrected chi connectivity index (χ4v) is 1.27. The van der Waals surface area contributed by atoms with Gasteiger partial charge in [0.15, 0.2) is 0 Å². The molecule has 110 valence electrons. The van der Waals surface area contributed by atoms with Crippen molar-refractivity contribution >= 4 is 0 Å². The van der Waals surface area contributed by atoms with Crippen molar-refractivity contribution in [2.45, 2.75) is 6.54 Å². The van der Waals surface area contributed by atoms with Crippen LogP contribution in [0.3, 0.4) is 0 Å². The zero-order valence-corrected chi connectivity index (χ0v) is 11.5. The Balaban J connectivity index is 1.92. The van der Waals surface area contributed by atoms with Crippen LogP contribution in [0.15, 0.2) is 10.7 Å². The summed E-state index contributed by atoms with van der Waals surface area (Å²) in [5, 5.41) is 2.98. The summed E-state index contributed by atoms with van der Waals surface area (Å²) in [7, 11) is 3.49. The van der Waals surface area contributed by atoms with Gasteiger partial charge in [-0.1, -0.05) is 0 Å². The van der Waals surface area contributed by atoms with Crippen LogP contribution in [0.1, 0.15) is 5.69 Å². The average Bonchev–Trinajstić information content (AvgIpc) is 2.85. The number of aromatic nitrogens is 1. The van der Waals surface area contributed by atoms with E-state index in [1.165, 1.54) is 0 Å². The predicted octanol–water partition coefficient (Wildman–Crippen LogP) is 0.452. The Morgan fingerprint density at radius 2 is 1.79 bits per heavy atom. The van der Waals surface area contributed by atoms with E-state index in [1.54, 1.807) is 13.4 Å². The van der Waals surface area contributed by atoms with Gasteiger partial charge in [0.1, 0.15) is 12.9 Å². The Labute approximate surface area is 113 Å². The molecule has 1 heterocycles. The molecule has 1 rings (SSSR count). The zero-order chi connectivity index (χ0) is 13.8. The lowest BCUT2D eigenvalue weighted by Crippen LogP contribution is -2.12. The number of rotatable bonds is 12. The molecule has 0 bridgehead atoms. The van der Waals surface area contributed by atoms with Gasteiger partial charge in [-0.2, -0.15) is 4.98 Å². The van der Waals surface area contributed by atoms with Gasteiger partial charge in [-0.15, -0.1) is 0 Å². The van der Waals surface area contributed by atoms with Crippen molar-refractivity contribution in [1.29, 1.82) is 0 Å². The molecule has 1 aromatic rings. The van der Waals surface area contributed by atoms with Crippen molar-refractivity contribution in [3.8, 4) is 6.08 Å². The minimum Gasteiger partial charge on any atom is -0.448 e. The van der Waals surface area contributed by atoms with Crippen molar-refractivity contribution in [1.82, 2.24) is 10.3 Å². The van der Waals surface area contributed by atoms with Crippen LogP contribution in [0.4, 0.5) is 0 Å². The van der Waals surface area contributed by atoms with Crippen LogP contribution in [0, 0.1) is 0 Å². The quantitative estimate of drug-likeness (QED) is 0.555. The summed E-state index contributed by atoms with van der Waals surface area (Å²) in [5.74, 6) is 0. The van der Waals surface area contributed by atoms with Crippen molar-refractivity contribution in [3.63, 3.8) is 0 Å². The molecule has 1 N–H and O–H groups in total. The molecule has 0 atom stereocenters. The third kappa shape index (κ3) is 7.78. The molecule has 0 fully saturated rings. The number of methoxy groups -OCH3 is 1. The van der Waals surface area contributed by atoms with Gasteiger partial charge >= 0.3 is 6.08 Å². The van der Waals surface area contributed by atoms with Gasteiger partial charge in [-0.3, -0.25) is 0 Å². The standard InChI is InChI=1S/C12H22N2O5/c1-13-9-11-10-19-12(14-11)18-8-7-17-6-5-16-4-3-15-2/h10,13H,3-9H2,1-2H3. The fraction of sp³-hybridized carbons (Fsp3) is 0.750. The Bertz CT molecular complexity index is 319. The number of nitrogens with zero attached hydrogens (tertiary/aromatic N) is 1. The van der Waals surface area contributed by atoms with Gasteiger partial charge in [0.05, 0.1) is 38.7 Å². The van der Waals surface area contributed by atoms with Crippen molar-refractivity contribution < 1.29 is 23.4 Å². The van der Waals surface area contributed by atoms with Crippen molar-refractivity contribution in [3.05, 3.63) is 12.0 Å². The molecular weight excluding hydrogens is 252 g/mol. The predicted molar refractivity (Wildman–Crippen MR) is 68.3 cm³/mol. The summed E-state index contributed by atoms with van der Waals surface area (Å²) in [6.45, 7) is 3.79. The van der Waals surface area contributed by atoms with E-state index < -0.39 is 0 Å². The monoisotopic (exact) mass is 274 g/mol. The van der Waals surface area contributed by atoms with E-state index in [4.69, 9.17) is 23.4 Å². The zero-order valence-electron chi connectivity index (χ0n) is 11.5. The van der Waals surface area contributed by atoms with Crippen molar-refractivity contribution in [2.75, 3.05) is 53.8 Å². The first kappa shape index (κ1) is 15.9. The average molecular weight is 274 g/mol. The molecule has 0 radical (unpaired) electrons. The second-order valence-electron chi connectivity index (χ2n) is 3.70. The Kier molecular flexibility index (Phi) is 8.99. The molecule has 0 unspecified atom stereocenters. The highest BCUT2D eigenvalue weighted by Crippen LogP contribution is 2.09. The van der Waals surface area contributed by atoms with Crippen molar-refractivity contribution in [2.24, 2.45) is 0 Å². The first-order chi connectivity index (χ1) is 9.36. The van der Waals surface area contributed by atoms with E-state index in [1.807, 2.05) is 7.05 Å². The van der Waals surface area contributed by atoms with Crippen LogP contribution in [0.2, 0.25) is 0 Å². The molecular formula is C12H22N2O5. The van der Waals surface area contributed by atoms with E-state index in [-0.39, 0.29) is 6.08 Å². The van der Waals surface area contributed by atoms with E-state index in [2.05, 4.69) is 10.3 Å². The van der Waals surface area contributed by atoms with Crippen LogP contribution in [0.25, 0.3) is 0 Å². The first-order valence-electron chi connectivity index (χ1n) is 6.23. The molecule has 0 aliphatic rings. The number of hydrogen-bond donors (Lipinski definition) is 1. The maximum Gasteiger partial charge on any atom is 0.393 e. The Hall–Kier alpha value is -1.15. The number of ether oxygens (including phenoxy) is 4. The number of oxazole rings is 1. The van der Waals surface area contributed by atoms with Crippen LogP contribution in [0.5, 0.6) is 6.08 Å². The Morgan fingerprint density at radius 3 is 2.47 bits per heavy atom. The lowest BCUT2D eigenvalue weighted by atomic mass is 10.5. The lowest BCUT2D eigenvalue weighted by molar-refractivity contribution is 0.0157. The largest absolute Gasteiger partial charge is 0.448 e. The van der Waals surface area contributed by atoms with Crippen LogP contribution >= 0.6 is 0 Å². The topological polar surface area (TPSA) is 75.0 Å². The van der Waals surface area contributed by atoms with Gasteiger partial charge in [0.2, 0.25) is 0 Å². The smallest absolute Gasteiger partial charge is 0.393 e. The van der Waals surface area contributed by atoms with Gasteiger partial charge < -0.3 is 28.7 Å². The van der Waals surface area contributed by atoms with E-state index in [0.717, 1.165) is 5.69 Å². The summed E-state index contributed by atoms with van der Waals surface area (Å²) in [4.78, 5) is 4.12. The molecule has 0 saturated carbocycles. The molecule has 0 aliphatic heterocycles. The highest BCUT2D eigenvalue weighted by molar-refractivity contribution is 4.99. The van der Waals surface area contributed by atoms with Gasteiger partial charge in [0.25, 0.3) is 0 Å². The lowest BCUT2D eigenvalue weighted by Gasteiger charge is -2.05.